The molecule has 0 unspecified atom stereocenters. The van der Waals surface area contributed by atoms with Crippen molar-refractivity contribution in [1.29, 1.82) is 5.26 Å². The number of aryl methyl sites for hydroxylation is 3. The monoisotopic (exact) mass is 329 g/mol. The molecule has 3 rings (SSSR count). The van der Waals surface area contributed by atoms with E-state index in [9.17, 15) is 0 Å². The van der Waals surface area contributed by atoms with Gasteiger partial charge in [-0.3, -0.25) is 0 Å². The molecule has 0 radical (unpaired) electrons. The highest BCUT2D eigenvalue weighted by Crippen LogP contribution is 2.21. The van der Waals surface area contributed by atoms with Crippen molar-refractivity contribution in [3.63, 3.8) is 0 Å². The summed E-state index contributed by atoms with van der Waals surface area (Å²) >= 11 is 0. The maximum Gasteiger partial charge on any atom is 0.229 e. The highest BCUT2D eigenvalue weighted by Gasteiger charge is 2.05. The van der Waals surface area contributed by atoms with Gasteiger partial charge in [-0.25, -0.2) is 4.98 Å². The SMILES string of the molecule is Cc1cc(C)cc(Nc2nc(C)cc(Nc3cccc(C#N)c3)n2)c1. The Morgan fingerprint density at radius 3 is 2.32 bits per heavy atom. The summed E-state index contributed by atoms with van der Waals surface area (Å²) in [6, 6.07) is 17.5. The number of nitrogens with one attached hydrogen (secondary N) is 2. The van der Waals surface area contributed by atoms with E-state index in [1.165, 1.54) is 11.1 Å². The van der Waals surface area contributed by atoms with Crippen molar-refractivity contribution in [2.24, 2.45) is 0 Å². The summed E-state index contributed by atoms with van der Waals surface area (Å²) < 4.78 is 0. The molecule has 25 heavy (non-hydrogen) atoms. The van der Waals surface area contributed by atoms with Gasteiger partial charge in [0, 0.05) is 23.1 Å². The molecule has 2 N–H and O–H groups in total. The molecule has 5 heteroatoms. The van der Waals surface area contributed by atoms with E-state index in [2.05, 4.69) is 58.7 Å². The number of rotatable bonds is 4. The molecule has 0 atom stereocenters. The van der Waals surface area contributed by atoms with Gasteiger partial charge in [0.15, 0.2) is 0 Å². The van der Waals surface area contributed by atoms with Gasteiger partial charge in [-0.1, -0.05) is 12.1 Å². The molecule has 1 heterocycles. The van der Waals surface area contributed by atoms with Crippen LogP contribution in [0.15, 0.2) is 48.5 Å². The molecule has 3 aromatic rings. The molecule has 2 aromatic carbocycles. The average Bonchev–Trinajstić information content (AvgIpc) is 2.53. The molecule has 0 saturated carbocycles. The zero-order valence-corrected chi connectivity index (χ0v) is 14.5. The van der Waals surface area contributed by atoms with Gasteiger partial charge >= 0.3 is 0 Å². The molecule has 0 spiro atoms. The smallest absolute Gasteiger partial charge is 0.229 e. The van der Waals surface area contributed by atoms with Gasteiger partial charge in [0.25, 0.3) is 0 Å². The quantitative estimate of drug-likeness (QED) is 0.722. The lowest BCUT2D eigenvalue weighted by molar-refractivity contribution is 1.11. The first-order valence-corrected chi connectivity index (χ1v) is 8.00. The minimum absolute atomic E-state index is 0.531. The van der Waals surface area contributed by atoms with Crippen LogP contribution >= 0.6 is 0 Å². The molecule has 0 aliphatic rings. The number of benzene rings is 2. The third-order valence-corrected chi connectivity index (χ3v) is 3.60. The van der Waals surface area contributed by atoms with E-state index in [0.717, 1.165) is 17.1 Å². The van der Waals surface area contributed by atoms with E-state index < -0.39 is 0 Å². The van der Waals surface area contributed by atoms with E-state index in [1.54, 1.807) is 12.1 Å². The molecule has 5 nitrogen and oxygen atoms in total. The Kier molecular flexibility index (Phi) is 4.62. The summed E-state index contributed by atoms with van der Waals surface area (Å²) in [4.78, 5) is 8.97. The Balaban J connectivity index is 1.86. The van der Waals surface area contributed by atoms with Crippen LogP contribution in [0.2, 0.25) is 0 Å². The molecule has 124 valence electrons. The lowest BCUT2D eigenvalue weighted by atomic mass is 10.1. The molecule has 1 aromatic heterocycles. The van der Waals surface area contributed by atoms with Crippen molar-refractivity contribution in [3.8, 4) is 6.07 Å². The Labute approximate surface area is 147 Å². The molecule has 0 fully saturated rings. The number of aromatic nitrogens is 2. The number of hydrogen-bond donors (Lipinski definition) is 2. The van der Waals surface area contributed by atoms with Crippen LogP contribution in [0.4, 0.5) is 23.1 Å². The van der Waals surface area contributed by atoms with Crippen LogP contribution in [0.1, 0.15) is 22.4 Å². The maximum absolute atomic E-state index is 9.01. The Morgan fingerprint density at radius 1 is 0.840 bits per heavy atom. The van der Waals surface area contributed by atoms with Crippen LogP contribution in [-0.2, 0) is 0 Å². The molecule has 0 bridgehead atoms. The fourth-order valence-corrected chi connectivity index (χ4v) is 2.68. The van der Waals surface area contributed by atoms with Crippen molar-refractivity contribution in [2.45, 2.75) is 20.8 Å². The van der Waals surface area contributed by atoms with Crippen molar-refractivity contribution in [1.82, 2.24) is 9.97 Å². The summed E-state index contributed by atoms with van der Waals surface area (Å²) in [6.45, 7) is 6.04. The van der Waals surface area contributed by atoms with Gasteiger partial charge in [0.2, 0.25) is 5.95 Å². The predicted molar refractivity (Wildman–Crippen MR) is 100 cm³/mol. The minimum atomic E-state index is 0.531. The molecular formula is C20H19N5. The molecular weight excluding hydrogens is 310 g/mol. The molecule has 0 aliphatic carbocycles. The largest absolute Gasteiger partial charge is 0.340 e. The van der Waals surface area contributed by atoms with E-state index >= 15 is 0 Å². The van der Waals surface area contributed by atoms with Crippen molar-refractivity contribution in [2.75, 3.05) is 10.6 Å². The third-order valence-electron chi connectivity index (χ3n) is 3.60. The standard InChI is InChI=1S/C20H19N5/c1-13-7-14(2)9-18(8-13)24-20-22-15(3)10-19(25-20)23-17-6-4-5-16(11-17)12-21/h4-11H,1-3H3,(H2,22,23,24,25). The van der Waals surface area contributed by atoms with Crippen LogP contribution in [0.3, 0.4) is 0 Å². The van der Waals surface area contributed by atoms with Gasteiger partial charge in [-0.2, -0.15) is 10.2 Å². The highest BCUT2D eigenvalue weighted by atomic mass is 15.1. The molecule has 0 aliphatic heterocycles. The van der Waals surface area contributed by atoms with E-state index in [-0.39, 0.29) is 0 Å². The summed E-state index contributed by atoms with van der Waals surface area (Å²) in [5.74, 6) is 1.21. The van der Waals surface area contributed by atoms with Crippen LogP contribution < -0.4 is 10.6 Å². The Morgan fingerprint density at radius 2 is 1.60 bits per heavy atom. The number of anilines is 4. The first-order chi connectivity index (χ1) is 12.0. The van der Waals surface area contributed by atoms with Crippen LogP contribution in [0.5, 0.6) is 0 Å². The summed E-state index contributed by atoms with van der Waals surface area (Å²) in [5.41, 5.74) is 5.59. The van der Waals surface area contributed by atoms with Crippen molar-refractivity contribution >= 4 is 23.1 Å². The Bertz CT molecular complexity index is 936. The van der Waals surface area contributed by atoms with Gasteiger partial charge in [-0.15, -0.1) is 0 Å². The van der Waals surface area contributed by atoms with Crippen molar-refractivity contribution in [3.05, 3.63) is 70.9 Å². The fourth-order valence-electron chi connectivity index (χ4n) is 2.68. The summed E-state index contributed by atoms with van der Waals surface area (Å²) in [6.07, 6.45) is 0. The van der Waals surface area contributed by atoms with Crippen molar-refractivity contribution < 1.29 is 0 Å². The number of nitriles is 1. The third kappa shape index (κ3) is 4.33. The Hall–Kier alpha value is -3.39. The van der Waals surface area contributed by atoms with Crippen LogP contribution in [-0.4, -0.2) is 9.97 Å². The fraction of sp³-hybridized carbons (Fsp3) is 0.150. The summed E-state index contributed by atoms with van der Waals surface area (Å²) in [7, 11) is 0. The maximum atomic E-state index is 9.01. The van der Waals surface area contributed by atoms with Crippen LogP contribution in [0.25, 0.3) is 0 Å². The summed E-state index contributed by atoms with van der Waals surface area (Å²) in [5, 5.41) is 15.5. The second-order valence-electron chi connectivity index (χ2n) is 6.04. The predicted octanol–water partition coefficient (Wildman–Crippen LogP) is 4.76. The lowest BCUT2D eigenvalue weighted by Crippen LogP contribution is -2.02. The zero-order chi connectivity index (χ0) is 17.8. The topological polar surface area (TPSA) is 73.6 Å². The average molecular weight is 329 g/mol. The van der Waals surface area contributed by atoms with Gasteiger partial charge in [0.05, 0.1) is 11.6 Å². The van der Waals surface area contributed by atoms with Gasteiger partial charge < -0.3 is 10.6 Å². The van der Waals surface area contributed by atoms with E-state index in [1.807, 2.05) is 25.1 Å². The second-order valence-corrected chi connectivity index (χ2v) is 6.04. The first-order valence-electron chi connectivity index (χ1n) is 8.00. The second kappa shape index (κ2) is 7.02. The minimum Gasteiger partial charge on any atom is -0.340 e. The lowest BCUT2D eigenvalue weighted by Gasteiger charge is -2.11. The normalized spacial score (nSPS) is 10.2. The number of hydrogen-bond acceptors (Lipinski definition) is 5. The van der Waals surface area contributed by atoms with E-state index in [0.29, 0.717) is 17.3 Å². The first kappa shape index (κ1) is 16.5. The zero-order valence-electron chi connectivity index (χ0n) is 14.5. The van der Waals surface area contributed by atoms with Crippen LogP contribution in [0, 0.1) is 32.1 Å². The number of nitrogens with zero attached hydrogens (tertiary/aromatic N) is 3. The van der Waals surface area contributed by atoms with Gasteiger partial charge in [0.1, 0.15) is 5.82 Å². The molecule has 0 saturated heterocycles. The highest BCUT2D eigenvalue weighted by molar-refractivity contribution is 5.62. The van der Waals surface area contributed by atoms with E-state index in [4.69, 9.17) is 5.26 Å². The van der Waals surface area contributed by atoms with Gasteiger partial charge in [-0.05, 0) is 62.2 Å². The molecule has 0 amide bonds.